The lowest BCUT2D eigenvalue weighted by Crippen LogP contribution is -1.78. The highest BCUT2D eigenvalue weighted by molar-refractivity contribution is 5.64. The van der Waals surface area contributed by atoms with Gasteiger partial charge in [0.2, 0.25) is 0 Å². The topological polar surface area (TPSA) is 0 Å². The molecule has 0 unspecified atom stereocenters. The van der Waals surface area contributed by atoms with E-state index in [-0.39, 0.29) is 0 Å². The maximum atomic E-state index is 3.67. The van der Waals surface area contributed by atoms with Gasteiger partial charge in [0.05, 0.1) is 0 Å². The Morgan fingerprint density at radius 1 is 1.31 bits per heavy atom. The molecule has 0 aromatic heterocycles. The summed E-state index contributed by atoms with van der Waals surface area (Å²) in [6.07, 6.45) is 7.09. The fraction of sp³-hybridized carbons (Fsp3) is 0.154. The molecule has 0 amide bonds. The fourth-order valence-corrected chi connectivity index (χ4v) is 1.14. The third-order valence-corrected chi connectivity index (χ3v) is 1.90. The van der Waals surface area contributed by atoms with Crippen LogP contribution in [0.25, 0.3) is 5.57 Å². The molecule has 1 radical (unpaired) electrons. The van der Waals surface area contributed by atoms with Gasteiger partial charge in [0.1, 0.15) is 0 Å². The maximum Gasteiger partial charge on any atom is -0.0127 e. The van der Waals surface area contributed by atoms with E-state index in [0.29, 0.717) is 0 Å². The SMILES string of the molecule is C=CC[CH]C=C(C)c1ccccc1. The number of unbranched alkanes of at least 4 members (excludes halogenated alkanes) is 1. The standard InChI is InChI=1S/C13H15/c1-3-4-6-9-12(2)13-10-7-5-8-11-13/h3,5-11H,1,4H2,2H3. The van der Waals surface area contributed by atoms with Crippen LogP contribution in [0.15, 0.2) is 49.1 Å². The van der Waals surface area contributed by atoms with Crippen LogP contribution in [-0.2, 0) is 0 Å². The number of hydrogen-bond acceptors (Lipinski definition) is 0. The molecule has 0 atom stereocenters. The minimum Gasteiger partial charge on any atom is -0.103 e. The Bertz CT molecular complexity index is 280. The van der Waals surface area contributed by atoms with Crippen LogP contribution in [0.2, 0.25) is 0 Å². The summed E-state index contributed by atoms with van der Waals surface area (Å²) < 4.78 is 0. The summed E-state index contributed by atoms with van der Waals surface area (Å²) in [5, 5.41) is 0. The van der Waals surface area contributed by atoms with Gasteiger partial charge in [-0.25, -0.2) is 0 Å². The van der Waals surface area contributed by atoms with Gasteiger partial charge in [-0.1, -0.05) is 42.5 Å². The Labute approximate surface area is 80.6 Å². The van der Waals surface area contributed by atoms with E-state index >= 15 is 0 Å². The van der Waals surface area contributed by atoms with Crippen molar-refractivity contribution in [1.82, 2.24) is 0 Å². The average molecular weight is 171 g/mol. The molecule has 0 N–H and O–H groups in total. The summed E-state index contributed by atoms with van der Waals surface area (Å²) >= 11 is 0. The van der Waals surface area contributed by atoms with Crippen LogP contribution in [0, 0.1) is 6.42 Å². The molecule has 0 aliphatic heterocycles. The summed E-state index contributed by atoms with van der Waals surface area (Å²) in [7, 11) is 0. The van der Waals surface area contributed by atoms with Gasteiger partial charge >= 0.3 is 0 Å². The first-order chi connectivity index (χ1) is 6.34. The highest BCUT2D eigenvalue weighted by Crippen LogP contribution is 2.13. The van der Waals surface area contributed by atoms with Gasteiger partial charge in [-0.05, 0) is 30.9 Å². The molecule has 0 saturated carbocycles. The van der Waals surface area contributed by atoms with Crippen molar-refractivity contribution in [2.24, 2.45) is 0 Å². The van der Waals surface area contributed by atoms with E-state index in [1.165, 1.54) is 11.1 Å². The molecule has 67 valence electrons. The van der Waals surface area contributed by atoms with Crippen LogP contribution in [0.3, 0.4) is 0 Å². The van der Waals surface area contributed by atoms with Crippen molar-refractivity contribution in [3.63, 3.8) is 0 Å². The van der Waals surface area contributed by atoms with Crippen LogP contribution in [0.5, 0.6) is 0 Å². The molecular weight excluding hydrogens is 156 g/mol. The quantitative estimate of drug-likeness (QED) is 0.476. The molecule has 13 heavy (non-hydrogen) atoms. The molecule has 0 aliphatic carbocycles. The lowest BCUT2D eigenvalue weighted by Gasteiger charge is -1.99. The van der Waals surface area contributed by atoms with Gasteiger partial charge in [0.25, 0.3) is 0 Å². The number of benzene rings is 1. The van der Waals surface area contributed by atoms with Crippen molar-refractivity contribution in [3.05, 3.63) is 61.0 Å². The second-order valence-corrected chi connectivity index (χ2v) is 2.98. The number of allylic oxidation sites excluding steroid dienone is 3. The van der Waals surface area contributed by atoms with E-state index in [0.717, 1.165) is 6.42 Å². The van der Waals surface area contributed by atoms with E-state index in [1.54, 1.807) is 0 Å². The monoisotopic (exact) mass is 171 g/mol. The van der Waals surface area contributed by atoms with Gasteiger partial charge in [-0.15, -0.1) is 6.58 Å². The average Bonchev–Trinajstić information content (AvgIpc) is 2.19. The molecule has 0 saturated heterocycles. The smallest absolute Gasteiger partial charge is 0.0127 e. The van der Waals surface area contributed by atoms with Gasteiger partial charge in [-0.3, -0.25) is 0 Å². The first-order valence-electron chi connectivity index (χ1n) is 4.51. The van der Waals surface area contributed by atoms with Crippen LogP contribution in [0.4, 0.5) is 0 Å². The fourth-order valence-electron chi connectivity index (χ4n) is 1.14. The highest BCUT2D eigenvalue weighted by atomic mass is 14.0. The lowest BCUT2D eigenvalue weighted by molar-refractivity contribution is 1.30. The zero-order valence-electron chi connectivity index (χ0n) is 8.03. The van der Waals surface area contributed by atoms with Crippen molar-refractivity contribution in [2.75, 3.05) is 0 Å². The Morgan fingerprint density at radius 3 is 2.62 bits per heavy atom. The third kappa shape index (κ3) is 3.29. The minimum atomic E-state index is 0.935. The molecule has 0 spiro atoms. The van der Waals surface area contributed by atoms with Crippen LogP contribution >= 0.6 is 0 Å². The van der Waals surface area contributed by atoms with E-state index in [9.17, 15) is 0 Å². The molecule has 1 aromatic carbocycles. The normalized spacial score (nSPS) is 11.3. The van der Waals surface area contributed by atoms with Crippen molar-refractivity contribution in [1.29, 1.82) is 0 Å². The predicted molar refractivity (Wildman–Crippen MR) is 59.2 cm³/mol. The first kappa shape index (κ1) is 9.79. The Hall–Kier alpha value is -1.30. The molecule has 0 aliphatic rings. The van der Waals surface area contributed by atoms with E-state index in [1.807, 2.05) is 12.1 Å². The van der Waals surface area contributed by atoms with Crippen LogP contribution in [-0.4, -0.2) is 0 Å². The summed E-state index contributed by atoms with van der Waals surface area (Å²) in [6.45, 7) is 5.79. The first-order valence-corrected chi connectivity index (χ1v) is 4.51. The summed E-state index contributed by atoms with van der Waals surface area (Å²) in [6, 6.07) is 10.4. The Kier molecular flexibility index (Phi) is 4.04. The second-order valence-electron chi connectivity index (χ2n) is 2.98. The van der Waals surface area contributed by atoms with E-state index in [4.69, 9.17) is 0 Å². The van der Waals surface area contributed by atoms with E-state index in [2.05, 4.69) is 50.3 Å². The summed E-state index contributed by atoms with van der Waals surface area (Å²) in [5.41, 5.74) is 2.57. The number of hydrogen-bond donors (Lipinski definition) is 0. The zero-order valence-corrected chi connectivity index (χ0v) is 8.03. The van der Waals surface area contributed by atoms with Crippen molar-refractivity contribution in [3.8, 4) is 0 Å². The lowest BCUT2D eigenvalue weighted by atomic mass is 10.1. The zero-order chi connectivity index (χ0) is 9.52. The van der Waals surface area contributed by atoms with Crippen LogP contribution in [0.1, 0.15) is 18.9 Å². The Balaban J connectivity index is 2.62. The van der Waals surface area contributed by atoms with Crippen LogP contribution < -0.4 is 0 Å². The summed E-state index contributed by atoms with van der Waals surface area (Å²) in [5.74, 6) is 0. The molecule has 0 fully saturated rings. The van der Waals surface area contributed by atoms with Gasteiger partial charge in [0, 0.05) is 0 Å². The molecule has 1 aromatic rings. The molecule has 1 rings (SSSR count). The minimum absolute atomic E-state index is 0.935. The molecule has 0 heteroatoms. The van der Waals surface area contributed by atoms with Crippen molar-refractivity contribution >= 4 is 5.57 Å². The molecule has 0 heterocycles. The maximum absolute atomic E-state index is 3.67. The Morgan fingerprint density at radius 2 is 2.00 bits per heavy atom. The van der Waals surface area contributed by atoms with Gasteiger partial charge < -0.3 is 0 Å². The highest BCUT2D eigenvalue weighted by Gasteiger charge is 1.91. The molecule has 0 bridgehead atoms. The van der Waals surface area contributed by atoms with E-state index < -0.39 is 0 Å². The molecule has 0 nitrogen and oxygen atoms in total. The third-order valence-electron chi connectivity index (χ3n) is 1.90. The van der Waals surface area contributed by atoms with Crippen molar-refractivity contribution < 1.29 is 0 Å². The van der Waals surface area contributed by atoms with Gasteiger partial charge in [-0.2, -0.15) is 0 Å². The summed E-state index contributed by atoms with van der Waals surface area (Å²) in [4.78, 5) is 0. The van der Waals surface area contributed by atoms with Gasteiger partial charge in [0.15, 0.2) is 0 Å². The number of rotatable bonds is 4. The predicted octanol–water partition coefficient (Wildman–Crippen LogP) is 3.87. The second kappa shape index (κ2) is 5.36. The molecular formula is C13H15. The van der Waals surface area contributed by atoms with Crippen molar-refractivity contribution in [2.45, 2.75) is 13.3 Å². The largest absolute Gasteiger partial charge is 0.103 e.